The van der Waals surface area contributed by atoms with E-state index >= 15 is 0 Å². The van der Waals surface area contributed by atoms with Gasteiger partial charge in [0.25, 0.3) is 5.56 Å². The van der Waals surface area contributed by atoms with E-state index in [2.05, 4.69) is 22.2 Å². The fraction of sp³-hybridized carbons (Fsp3) is 0.667. The zero-order valence-electron chi connectivity index (χ0n) is 10.5. The van der Waals surface area contributed by atoms with Crippen LogP contribution in [0, 0.1) is 0 Å². The minimum Gasteiger partial charge on any atom is -0.363 e. The zero-order chi connectivity index (χ0) is 12.3. The largest absolute Gasteiger partial charge is 0.363 e. The molecule has 1 aromatic rings. The number of nitrogens with one attached hydrogen (secondary N) is 1. The third-order valence-electron chi connectivity index (χ3n) is 3.31. The maximum atomic E-state index is 12.0. The van der Waals surface area contributed by atoms with E-state index in [1.807, 2.05) is 6.92 Å². The van der Waals surface area contributed by atoms with Crippen LogP contribution in [0.2, 0.25) is 0 Å². The molecule has 0 spiro atoms. The predicted molar refractivity (Wildman–Crippen MR) is 68.3 cm³/mol. The molecule has 0 unspecified atom stereocenters. The van der Waals surface area contributed by atoms with Gasteiger partial charge in [0.2, 0.25) is 0 Å². The van der Waals surface area contributed by atoms with Gasteiger partial charge in [-0.3, -0.25) is 4.79 Å². The van der Waals surface area contributed by atoms with Crippen molar-refractivity contribution in [1.29, 1.82) is 0 Å². The lowest BCUT2D eigenvalue weighted by Crippen LogP contribution is -2.38. The second-order valence-electron chi connectivity index (χ2n) is 4.59. The van der Waals surface area contributed by atoms with E-state index in [1.54, 1.807) is 17.0 Å². The highest BCUT2D eigenvalue weighted by Gasteiger charge is 2.17. The van der Waals surface area contributed by atoms with Gasteiger partial charge in [0.1, 0.15) is 0 Å². The molecular weight excluding hydrogens is 216 g/mol. The number of likely N-dealkylation sites (tertiary alicyclic amines) is 1. The fourth-order valence-corrected chi connectivity index (χ4v) is 2.14. The van der Waals surface area contributed by atoms with Gasteiger partial charge in [0.05, 0.1) is 0 Å². The first-order chi connectivity index (χ1) is 8.20. The standard InChI is InChI=1S/C12H20N4O/c1-3-16-9-6-13-11(12(16)17)14-10-4-7-15(2)8-5-10/h6,9-10H,3-5,7-8H2,1-2H3,(H,13,14). The minimum absolute atomic E-state index is 0.0195. The van der Waals surface area contributed by atoms with Crippen molar-refractivity contribution < 1.29 is 0 Å². The van der Waals surface area contributed by atoms with Crippen molar-refractivity contribution in [3.8, 4) is 0 Å². The Morgan fingerprint density at radius 3 is 2.82 bits per heavy atom. The number of piperidine rings is 1. The van der Waals surface area contributed by atoms with Crippen LogP contribution < -0.4 is 10.9 Å². The lowest BCUT2D eigenvalue weighted by Gasteiger charge is -2.29. The lowest BCUT2D eigenvalue weighted by atomic mass is 10.1. The highest BCUT2D eigenvalue weighted by atomic mass is 16.1. The third kappa shape index (κ3) is 2.85. The molecule has 0 saturated carbocycles. The van der Waals surface area contributed by atoms with Crippen molar-refractivity contribution in [2.45, 2.75) is 32.4 Å². The molecule has 0 amide bonds. The van der Waals surface area contributed by atoms with Crippen LogP contribution in [0.15, 0.2) is 17.2 Å². The van der Waals surface area contributed by atoms with Gasteiger partial charge in [-0.05, 0) is 39.9 Å². The Labute approximate surface area is 101 Å². The summed E-state index contributed by atoms with van der Waals surface area (Å²) in [7, 11) is 2.13. The monoisotopic (exact) mass is 236 g/mol. The van der Waals surface area contributed by atoms with Crippen LogP contribution in [0.1, 0.15) is 19.8 Å². The van der Waals surface area contributed by atoms with Crippen LogP contribution in [-0.4, -0.2) is 40.6 Å². The van der Waals surface area contributed by atoms with Gasteiger partial charge >= 0.3 is 0 Å². The van der Waals surface area contributed by atoms with E-state index < -0.39 is 0 Å². The smallest absolute Gasteiger partial charge is 0.293 e. The molecule has 94 valence electrons. The minimum atomic E-state index is -0.0195. The Balaban J connectivity index is 2.06. The molecule has 1 saturated heterocycles. The molecule has 0 aromatic carbocycles. The van der Waals surface area contributed by atoms with E-state index in [0.717, 1.165) is 25.9 Å². The van der Waals surface area contributed by atoms with Gasteiger partial charge in [-0.2, -0.15) is 0 Å². The molecule has 1 aliphatic heterocycles. The summed E-state index contributed by atoms with van der Waals surface area (Å²) in [5.41, 5.74) is -0.0195. The highest BCUT2D eigenvalue weighted by Crippen LogP contribution is 2.11. The normalized spacial score (nSPS) is 18.2. The average molecular weight is 236 g/mol. The van der Waals surface area contributed by atoms with E-state index in [0.29, 0.717) is 18.4 Å². The SMILES string of the molecule is CCn1ccnc(NC2CCN(C)CC2)c1=O. The number of rotatable bonds is 3. The summed E-state index contributed by atoms with van der Waals surface area (Å²) in [6.07, 6.45) is 5.54. The van der Waals surface area contributed by atoms with Gasteiger partial charge in [0, 0.05) is 25.0 Å². The van der Waals surface area contributed by atoms with Crippen LogP contribution in [0.3, 0.4) is 0 Å². The van der Waals surface area contributed by atoms with Gasteiger partial charge in [-0.1, -0.05) is 0 Å². The molecule has 1 N–H and O–H groups in total. The topological polar surface area (TPSA) is 50.2 Å². The van der Waals surface area contributed by atoms with Crippen molar-refractivity contribution in [1.82, 2.24) is 14.5 Å². The summed E-state index contributed by atoms with van der Waals surface area (Å²) in [4.78, 5) is 18.4. The molecule has 1 aromatic heterocycles. The molecule has 0 radical (unpaired) electrons. The molecule has 0 bridgehead atoms. The fourth-order valence-electron chi connectivity index (χ4n) is 2.14. The van der Waals surface area contributed by atoms with Crippen LogP contribution >= 0.6 is 0 Å². The summed E-state index contributed by atoms with van der Waals surface area (Å²) in [5, 5.41) is 3.27. The maximum Gasteiger partial charge on any atom is 0.293 e. The predicted octanol–water partition coefficient (Wildman–Crippen LogP) is 0.769. The Morgan fingerprint density at radius 1 is 1.47 bits per heavy atom. The highest BCUT2D eigenvalue weighted by molar-refractivity contribution is 5.32. The zero-order valence-corrected chi connectivity index (χ0v) is 10.5. The van der Waals surface area contributed by atoms with Crippen molar-refractivity contribution in [2.75, 3.05) is 25.5 Å². The van der Waals surface area contributed by atoms with E-state index in [4.69, 9.17) is 0 Å². The molecule has 2 heterocycles. The first kappa shape index (κ1) is 12.1. The average Bonchev–Trinajstić information content (AvgIpc) is 2.35. The molecule has 0 atom stereocenters. The number of aromatic nitrogens is 2. The number of nitrogens with zero attached hydrogens (tertiary/aromatic N) is 3. The number of hydrogen-bond acceptors (Lipinski definition) is 4. The van der Waals surface area contributed by atoms with Crippen molar-refractivity contribution in [3.05, 3.63) is 22.7 Å². The van der Waals surface area contributed by atoms with E-state index in [9.17, 15) is 4.79 Å². The van der Waals surface area contributed by atoms with Gasteiger partial charge < -0.3 is 14.8 Å². The Kier molecular flexibility index (Phi) is 3.78. The van der Waals surface area contributed by atoms with Crippen molar-refractivity contribution in [2.24, 2.45) is 0 Å². The molecule has 2 rings (SSSR count). The quantitative estimate of drug-likeness (QED) is 0.842. The van der Waals surface area contributed by atoms with Crippen LogP contribution in [-0.2, 0) is 6.54 Å². The molecule has 5 heteroatoms. The molecule has 1 aliphatic rings. The molecule has 0 aliphatic carbocycles. The second kappa shape index (κ2) is 5.31. The van der Waals surface area contributed by atoms with Gasteiger partial charge in [0.15, 0.2) is 5.82 Å². The van der Waals surface area contributed by atoms with Gasteiger partial charge in [-0.15, -0.1) is 0 Å². The molecule has 1 fully saturated rings. The maximum absolute atomic E-state index is 12.0. The van der Waals surface area contributed by atoms with E-state index in [-0.39, 0.29) is 5.56 Å². The molecular formula is C12H20N4O. The number of anilines is 1. The Bertz CT molecular complexity index is 421. The Morgan fingerprint density at radius 2 is 2.18 bits per heavy atom. The first-order valence-electron chi connectivity index (χ1n) is 6.21. The summed E-state index contributed by atoms with van der Waals surface area (Å²) in [6, 6.07) is 0.374. The van der Waals surface area contributed by atoms with Crippen molar-refractivity contribution >= 4 is 5.82 Å². The lowest BCUT2D eigenvalue weighted by molar-refractivity contribution is 0.263. The van der Waals surface area contributed by atoms with Gasteiger partial charge in [-0.25, -0.2) is 4.98 Å². The summed E-state index contributed by atoms with van der Waals surface area (Å²) >= 11 is 0. The van der Waals surface area contributed by atoms with Crippen LogP contribution in [0.4, 0.5) is 5.82 Å². The molecule has 5 nitrogen and oxygen atoms in total. The Hall–Kier alpha value is -1.36. The molecule has 17 heavy (non-hydrogen) atoms. The number of aryl methyl sites for hydroxylation is 1. The van der Waals surface area contributed by atoms with Crippen molar-refractivity contribution in [3.63, 3.8) is 0 Å². The van der Waals surface area contributed by atoms with Crippen LogP contribution in [0.5, 0.6) is 0 Å². The summed E-state index contributed by atoms with van der Waals surface area (Å²) < 4.78 is 1.67. The van der Waals surface area contributed by atoms with E-state index in [1.165, 1.54) is 0 Å². The number of hydrogen-bond donors (Lipinski definition) is 1. The van der Waals surface area contributed by atoms with Crippen LogP contribution in [0.25, 0.3) is 0 Å². The summed E-state index contributed by atoms with van der Waals surface area (Å²) in [5.74, 6) is 0.490. The second-order valence-corrected chi connectivity index (χ2v) is 4.59. The first-order valence-corrected chi connectivity index (χ1v) is 6.21. The third-order valence-corrected chi connectivity index (χ3v) is 3.31. The summed E-state index contributed by atoms with van der Waals surface area (Å²) in [6.45, 7) is 4.79.